The average molecular weight is 274 g/mol. The molecular formula is C10H10BrClN2. The highest BCUT2D eigenvalue weighted by atomic mass is 79.9. The zero-order chi connectivity index (χ0) is 10.9. The number of hydrogen-bond donors (Lipinski definition) is 0. The Morgan fingerprint density at radius 3 is 2.50 bits per heavy atom. The molecule has 0 aliphatic rings. The highest BCUT2D eigenvalue weighted by Gasteiger charge is 2.21. The number of nitrogens with zero attached hydrogens (tertiary/aromatic N) is 2. The van der Waals surface area contributed by atoms with Gasteiger partial charge in [-0.2, -0.15) is 5.26 Å². The molecule has 0 atom stereocenters. The fraction of sp³-hybridized carbons (Fsp3) is 0.400. The van der Waals surface area contributed by atoms with Crippen LogP contribution in [0.4, 0.5) is 0 Å². The molecule has 2 nitrogen and oxygen atoms in total. The van der Waals surface area contributed by atoms with Crippen molar-refractivity contribution in [3.8, 4) is 6.07 Å². The first-order chi connectivity index (χ1) is 6.36. The van der Waals surface area contributed by atoms with Crippen molar-refractivity contribution in [2.75, 3.05) is 0 Å². The predicted molar refractivity (Wildman–Crippen MR) is 60.4 cm³/mol. The summed E-state index contributed by atoms with van der Waals surface area (Å²) in [5.74, 6) is 0. The van der Waals surface area contributed by atoms with Crippen LogP contribution >= 0.6 is 27.5 Å². The lowest BCUT2D eigenvalue weighted by Gasteiger charge is -2.19. The normalized spacial score (nSPS) is 11.1. The zero-order valence-corrected chi connectivity index (χ0v) is 10.6. The van der Waals surface area contributed by atoms with E-state index in [1.54, 1.807) is 6.07 Å². The van der Waals surface area contributed by atoms with Crippen LogP contribution in [0.3, 0.4) is 0 Å². The van der Waals surface area contributed by atoms with Crippen LogP contribution in [0.15, 0.2) is 10.5 Å². The Morgan fingerprint density at radius 2 is 2.07 bits per heavy atom. The van der Waals surface area contributed by atoms with Crippen molar-refractivity contribution >= 4 is 27.5 Å². The number of halogens is 2. The number of nitriles is 1. The Bertz CT molecular complexity index is 402. The Morgan fingerprint density at radius 1 is 1.50 bits per heavy atom. The van der Waals surface area contributed by atoms with Gasteiger partial charge in [-0.25, -0.2) is 4.98 Å². The van der Waals surface area contributed by atoms with E-state index in [4.69, 9.17) is 16.9 Å². The predicted octanol–water partition coefficient (Wildman–Crippen LogP) is 3.67. The van der Waals surface area contributed by atoms with Crippen LogP contribution < -0.4 is 0 Å². The van der Waals surface area contributed by atoms with Gasteiger partial charge in [0.05, 0.1) is 15.7 Å². The zero-order valence-electron chi connectivity index (χ0n) is 8.23. The Labute approximate surface area is 97.0 Å². The second-order valence-corrected chi connectivity index (χ2v) is 5.23. The van der Waals surface area contributed by atoms with Crippen LogP contribution in [0.25, 0.3) is 0 Å². The highest BCUT2D eigenvalue weighted by molar-refractivity contribution is 9.10. The molecule has 4 heteroatoms. The molecule has 0 saturated carbocycles. The largest absolute Gasteiger partial charge is 0.238 e. The fourth-order valence-electron chi connectivity index (χ4n) is 1.12. The van der Waals surface area contributed by atoms with Crippen molar-refractivity contribution in [3.63, 3.8) is 0 Å². The summed E-state index contributed by atoms with van der Waals surface area (Å²) >= 11 is 9.12. The molecular weight excluding hydrogens is 263 g/mol. The Kier molecular flexibility index (Phi) is 3.18. The first-order valence-electron chi connectivity index (χ1n) is 4.13. The molecule has 0 spiro atoms. The molecule has 0 fully saturated rings. The molecule has 1 heterocycles. The van der Waals surface area contributed by atoms with Crippen molar-refractivity contribution in [1.29, 1.82) is 5.26 Å². The molecule has 0 aliphatic heterocycles. The van der Waals surface area contributed by atoms with E-state index in [9.17, 15) is 0 Å². The summed E-state index contributed by atoms with van der Waals surface area (Å²) in [5, 5.41) is 9.34. The van der Waals surface area contributed by atoms with Crippen molar-refractivity contribution in [3.05, 3.63) is 26.9 Å². The van der Waals surface area contributed by atoms with E-state index in [0.717, 1.165) is 5.69 Å². The van der Waals surface area contributed by atoms with Gasteiger partial charge in [0.2, 0.25) is 0 Å². The van der Waals surface area contributed by atoms with E-state index >= 15 is 0 Å². The maximum absolute atomic E-state index is 8.94. The lowest BCUT2D eigenvalue weighted by molar-refractivity contribution is 0.567. The van der Waals surface area contributed by atoms with Crippen molar-refractivity contribution in [2.24, 2.45) is 0 Å². The quantitative estimate of drug-likeness (QED) is 0.676. The van der Waals surface area contributed by atoms with E-state index in [1.807, 2.05) is 20.8 Å². The molecule has 0 N–H and O–H groups in total. The van der Waals surface area contributed by atoms with Gasteiger partial charge >= 0.3 is 0 Å². The summed E-state index contributed by atoms with van der Waals surface area (Å²) in [6.07, 6.45) is 0. The molecule has 74 valence electrons. The Balaban J connectivity index is 3.45. The van der Waals surface area contributed by atoms with Crippen LogP contribution in [0.5, 0.6) is 0 Å². The monoisotopic (exact) mass is 272 g/mol. The summed E-state index contributed by atoms with van der Waals surface area (Å²) in [7, 11) is 0. The van der Waals surface area contributed by atoms with Gasteiger partial charge in [-0.1, -0.05) is 32.4 Å². The highest BCUT2D eigenvalue weighted by Crippen LogP contribution is 2.29. The van der Waals surface area contributed by atoms with Crippen LogP contribution in [0, 0.1) is 11.3 Å². The SMILES string of the molecule is CC(C)(C)c1nc(Cl)c(Br)cc1C#N. The minimum absolute atomic E-state index is 0.171. The van der Waals surface area contributed by atoms with E-state index in [2.05, 4.69) is 27.0 Å². The first-order valence-corrected chi connectivity index (χ1v) is 5.30. The fourth-order valence-corrected chi connectivity index (χ4v) is 1.58. The summed E-state index contributed by atoms with van der Waals surface area (Å²) in [5.41, 5.74) is 1.12. The summed E-state index contributed by atoms with van der Waals surface area (Å²) < 4.78 is 0.656. The molecule has 0 saturated heterocycles. The lowest BCUT2D eigenvalue weighted by atomic mass is 9.89. The molecule has 0 radical (unpaired) electrons. The molecule has 0 aliphatic carbocycles. The summed E-state index contributed by atoms with van der Waals surface area (Å²) in [6.45, 7) is 6.00. The third-order valence-electron chi connectivity index (χ3n) is 1.76. The van der Waals surface area contributed by atoms with Gasteiger partial charge in [0.15, 0.2) is 0 Å². The van der Waals surface area contributed by atoms with Crippen LogP contribution in [-0.2, 0) is 5.41 Å². The molecule has 0 aromatic carbocycles. The number of pyridine rings is 1. The third-order valence-corrected chi connectivity index (χ3v) is 2.88. The van der Waals surface area contributed by atoms with Crippen molar-refractivity contribution in [1.82, 2.24) is 4.98 Å². The third kappa shape index (κ3) is 2.26. The van der Waals surface area contributed by atoms with Crippen LogP contribution in [0.2, 0.25) is 5.15 Å². The number of aromatic nitrogens is 1. The smallest absolute Gasteiger partial charge is 0.143 e. The second kappa shape index (κ2) is 3.88. The van der Waals surface area contributed by atoms with Gasteiger partial charge in [-0.3, -0.25) is 0 Å². The molecule has 0 unspecified atom stereocenters. The maximum Gasteiger partial charge on any atom is 0.143 e. The lowest BCUT2D eigenvalue weighted by Crippen LogP contribution is -2.16. The first kappa shape index (κ1) is 11.5. The molecule has 0 amide bonds. The average Bonchev–Trinajstić information content (AvgIpc) is 2.07. The van der Waals surface area contributed by atoms with Gasteiger partial charge in [-0.05, 0) is 22.0 Å². The van der Waals surface area contributed by atoms with Gasteiger partial charge in [0.25, 0.3) is 0 Å². The minimum Gasteiger partial charge on any atom is -0.238 e. The van der Waals surface area contributed by atoms with Crippen LogP contribution in [-0.4, -0.2) is 4.98 Å². The van der Waals surface area contributed by atoms with Gasteiger partial charge in [-0.15, -0.1) is 0 Å². The minimum atomic E-state index is -0.171. The van der Waals surface area contributed by atoms with E-state index in [-0.39, 0.29) is 5.41 Å². The summed E-state index contributed by atoms with van der Waals surface area (Å²) in [4.78, 5) is 4.21. The van der Waals surface area contributed by atoms with Gasteiger partial charge in [0, 0.05) is 5.41 Å². The second-order valence-electron chi connectivity index (χ2n) is 4.02. The molecule has 1 rings (SSSR count). The molecule has 0 bridgehead atoms. The molecule has 1 aromatic heterocycles. The van der Waals surface area contributed by atoms with E-state index in [1.165, 1.54) is 0 Å². The van der Waals surface area contributed by atoms with Gasteiger partial charge in [0.1, 0.15) is 11.2 Å². The standard InChI is InChI=1S/C10H10BrClN2/c1-10(2,3)8-6(5-13)4-7(11)9(12)14-8/h4H,1-3H3. The Hall–Kier alpha value is -0.590. The number of hydrogen-bond acceptors (Lipinski definition) is 2. The van der Waals surface area contributed by atoms with Crippen molar-refractivity contribution in [2.45, 2.75) is 26.2 Å². The van der Waals surface area contributed by atoms with Crippen molar-refractivity contribution < 1.29 is 0 Å². The van der Waals surface area contributed by atoms with E-state index < -0.39 is 0 Å². The molecule has 1 aromatic rings. The topological polar surface area (TPSA) is 36.7 Å². The summed E-state index contributed by atoms with van der Waals surface area (Å²) in [6, 6.07) is 3.82. The van der Waals surface area contributed by atoms with Gasteiger partial charge < -0.3 is 0 Å². The number of rotatable bonds is 0. The van der Waals surface area contributed by atoms with E-state index in [0.29, 0.717) is 15.2 Å². The van der Waals surface area contributed by atoms with Crippen LogP contribution in [0.1, 0.15) is 32.0 Å². The molecule has 14 heavy (non-hydrogen) atoms. The maximum atomic E-state index is 8.94.